The number of benzene rings is 2. The highest BCUT2D eigenvalue weighted by molar-refractivity contribution is 5.63. The number of nitrogens with two attached hydrogens (primary N) is 1. The monoisotopic (exact) mass is 312 g/mol. The Kier molecular flexibility index (Phi) is 4.64. The highest BCUT2D eigenvalue weighted by atomic mass is 16.5. The van der Waals surface area contributed by atoms with Gasteiger partial charge in [0, 0.05) is 22.3 Å². The molecular weight excluding hydrogens is 288 g/mol. The highest BCUT2D eigenvalue weighted by Gasteiger charge is 2.36. The molecule has 0 spiro atoms. The summed E-state index contributed by atoms with van der Waals surface area (Å²) in [5.74, 6) is 1.48. The summed E-state index contributed by atoms with van der Waals surface area (Å²) >= 11 is 0. The summed E-state index contributed by atoms with van der Waals surface area (Å²) < 4.78 is 5.77. The quantitative estimate of drug-likeness (QED) is 0.610. The third-order valence-electron chi connectivity index (χ3n) is 4.33. The lowest BCUT2D eigenvalue weighted by molar-refractivity contribution is -0.116. The minimum absolute atomic E-state index is 0.367. The highest BCUT2D eigenvalue weighted by Crippen LogP contribution is 2.32. The minimum Gasteiger partial charge on any atom is -0.457 e. The molecular formula is C19H24N2O2. The Hall–Kier alpha value is -2.49. The van der Waals surface area contributed by atoms with Crippen LogP contribution in [0, 0.1) is 5.41 Å². The second kappa shape index (κ2) is 6.32. The molecule has 0 aromatic heterocycles. The normalized spacial score (nSPS) is 11.8. The smallest absolute Gasteiger partial charge is 0.127 e. The molecule has 0 fully saturated rings. The van der Waals surface area contributed by atoms with E-state index in [1.54, 1.807) is 12.1 Å². The molecule has 4 nitrogen and oxygen atoms in total. The van der Waals surface area contributed by atoms with Crippen molar-refractivity contribution >= 4 is 17.7 Å². The van der Waals surface area contributed by atoms with E-state index in [2.05, 4.69) is 5.32 Å². The SMILES string of the molecule is CC(C)(C=O)C(C)(C)Nc1ccc(Oc2ccc(N)cc2)cc1. The molecule has 0 radical (unpaired) electrons. The summed E-state index contributed by atoms with van der Waals surface area (Å²) in [6.45, 7) is 7.87. The van der Waals surface area contributed by atoms with Crippen molar-refractivity contribution in [3.8, 4) is 11.5 Å². The van der Waals surface area contributed by atoms with E-state index in [0.29, 0.717) is 5.69 Å². The van der Waals surface area contributed by atoms with Gasteiger partial charge in [-0.15, -0.1) is 0 Å². The Balaban J connectivity index is 2.07. The zero-order valence-electron chi connectivity index (χ0n) is 14.1. The van der Waals surface area contributed by atoms with Crippen LogP contribution in [0.25, 0.3) is 0 Å². The number of nitrogens with one attached hydrogen (secondary N) is 1. The second-order valence-corrected chi connectivity index (χ2v) is 6.79. The van der Waals surface area contributed by atoms with Gasteiger partial charge in [-0.25, -0.2) is 0 Å². The fourth-order valence-electron chi connectivity index (χ4n) is 1.95. The first-order chi connectivity index (χ1) is 10.7. The van der Waals surface area contributed by atoms with E-state index in [9.17, 15) is 4.79 Å². The van der Waals surface area contributed by atoms with Crippen molar-refractivity contribution in [1.82, 2.24) is 0 Å². The van der Waals surface area contributed by atoms with Gasteiger partial charge in [-0.2, -0.15) is 0 Å². The predicted molar refractivity (Wildman–Crippen MR) is 94.9 cm³/mol. The molecule has 2 aromatic rings. The average molecular weight is 312 g/mol. The fraction of sp³-hybridized carbons (Fsp3) is 0.316. The van der Waals surface area contributed by atoms with Crippen LogP contribution >= 0.6 is 0 Å². The van der Waals surface area contributed by atoms with Crippen LogP contribution in [0.2, 0.25) is 0 Å². The molecule has 0 saturated carbocycles. The van der Waals surface area contributed by atoms with Crippen molar-refractivity contribution in [2.24, 2.45) is 5.41 Å². The molecule has 0 aliphatic carbocycles. The van der Waals surface area contributed by atoms with E-state index in [1.807, 2.05) is 64.1 Å². The number of ether oxygens (including phenoxy) is 1. The van der Waals surface area contributed by atoms with E-state index in [0.717, 1.165) is 23.5 Å². The summed E-state index contributed by atoms with van der Waals surface area (Å²) in [6.07, 6.45) is 0.985. The van der Waals surface area contributed by atoms with Crippen LogP contribution in [0.3, 0.4) is 0 Å². The lowest BCUT2D eigenvalue weighted by Crippen LogP contribution is -2.47. The Labute approximate surface area is 137 Å². The Morgan fingerprint density at radius 3 is 1.87 bits per heavy atom. The molecule has 0 aliphatic rings. The van der Waals surface area contributed by atoms with Crippen molar-refractivity contribution in [2.45, 2.75) is 33.2 Å². The molecule has 0 atom stereocenters. The maximum Gasteiger partial charge on any atom is 0.127 e. The Morgan fingerprint density at radius 2 is 1.39 bits per heavy atom. The summed E-state index contributed by atoms with van der Waals surface area (Å²) in [7, 11) is 0. The zero-order chi connectivity index (χ0) is 17.1. The van der Waals surface area contributed by atoms with Gasteiger partial charge in [0.1, 0.15) is 17.8 Å². The summed E-state index contributed by atoms with van der Waals surface area (Å²) in [5.41, 5.74) is 6.45. The van der Waals surface area contributed by atoms with Crippen LogP contribution in [-0.2, 0) is 4.79 Å². The largest absolute Gasteiger partial charge is 0.457 e. The van der Waals surface area contributed by atoms with Gasteiger partial charge in [0.05, 0.1) is 0 Å². The number of hydrogen-bond donors (Lipinski definition) is 2. The second-order valence-electron chi connectivity index (χ2n) is 6.79. The van der Waals surface area contributed by atoms with Crippen molar-refractivity contribution in [3.63, 3.8) is 0 Å². The van der Waals surface area contributed by atoms with Gasteiger partial charge in [0.15, 0.2) is 0 Å². The van der Waals surface area contributed by atoms with Crippen molar-refractivity contribution < 1.29 is 9.53 Å². The number of nitrogen functional groups attached to an aromatic ring is 1. The Bertz CT molecular complexity index is 659. The number of aldehydes is 1. The number of carbonyl (C=O) groups is 1. The van der Waals surface area contributed by atoms with Gasteiger partial charge in [-0.1, -0.05) is 13.8 Å². The van der Waals surface area contributed by atoms with E-state index in [4.69, 9.17) is 10.5 Å². The Morgan fingerprint density at radius 1 is 0.913 bits per heavy atom. The van der Waals surface area contributed by atoms with E-state index in [1.165, 1.54) is 0 Å². The maximum absolute atomic E-state index is 11.3. The fourth-order valence-corrected chi connectivity index (χ4v) is 1.95. The van der Waals surface area contributed by atoms with Gasteiger partial charge in [0.2, 0.25) is 0 Å². The first kappa shape index (κ1) is 16.9. The van der Waals surface area contributed by atoms with Crippen LogP contribution in [0.1, 0.15) is 27.7 Å². The lowest BCUT2D eigenvalue weighted by atomic mass is 9.75. The molecule has 4 heteroatoms. The van der Waals surface area contributed by atoms with Crippen molar-refractivity contribution in [1.29, 1.82) is 0 Å². The summed E-state index contributed by atoms with van der Waals surface area (Å²) in [5, 5.41) is 3.40. The molecule has 0 saturated heterocycles. The average Bonchev–Trinajstić information content (AvgIpc) is 2.51. The van der Waals surface area contributed by atoms with Crippen LogP contribution in [0.5, 0.6) is 11.5 Å². The minimum atomic E-state index is -0.480. The molecule has 23 heavy (non-hydrogen) atoms. The van der Waals surface area contributed by atoms with E-state index >= 15 is 0 Å². The summed E-state index contributed by atoms with van der Waals surface area (Å²) in [4.78, 5) is 11.3. The first-order valence-electron chi connectivity index (χ1n) is 7.61. The molecule has 0 aliphatic heterocycles. The van der Waals surface area contributed by atoms with Crippen LogP contribution in [0.4, 0.5) is 11.4 Å². The number of hydrogen-bond acceptors (Lipinski definition) is 4. The van der Waals surface area contributed by atoms with Gasteiger partial charge in [-0.05, 0) is 62.4 Å². The molecule has 0 amide bonds. The van der Waals surface area contributed by atoms with Crippen LogP contribution < -0.4 is 15.8 Å². The molecule has 0 unspecified atom stereocenters. The molecule has 122 valence electrons. The third-order valence-corrected chi connectivity index (χ3v) is 4.33. The zero-order valence-corrected chi connectivity index (χ0v) is 14.1. The number of anilines is 2. The molecule has 2 rings (SSSR count). The van der Waals surface area contributed by atoms with E-state index < -0.39 is 5.41 Å². The number of rotatable bonds is 6. The maximum atomic E-state index is 11.3. The molecule has 0 bridgehead atoms. The van der Waals surface area contributed by atoms with Crippen molar-refractivity contribution in [2.75, 3.05) is 11.1 Å². The molecule has 0 heterocycles. The molecule has 2 aromatic carbocycles. The van der Waals surface area contributed by atoms with E-state index in [-0.39, 0.29) is 5.54 Å². The third kappa shape index (κ3) is 4.03. The van der Waals surface area contributed by atoms with Gasteiger partial charge >= 0.3 is 0 Å². The topological polar surface area (TPSA) is 64.3 Å². The van der Waals surface area contributed by atoms with Crippen LogP contribution in [-0.4, -0.2) is 11.8 Å². The summed E-state index contributed by atoms with van der Waals surface area (Å²) in [6, 6.07) is 14.9. The standard InChI is InChI=1S/C19H24N2O2/c1-18(2,13-22)19(3,4)21-15-7-11-17(12-8-15)23-16-9-5-14(20)6-10-16/h5-13,21H,20H2,1-4H3. The van der Waals surface area contributed by atoms with Gasteiger partial charge in [-0.3, -0.25) is 0 Å². The molecule has 3 N–H and O–H groups in total. The predicted octanol–water partition coefficient (Wildman–Crippen LogP) is 4.48. The first-order valence-corrected chi connectivity index (χ1v) is 7.61. The van der Waals surface area contributed by atoms with Crippen molar-refractivity contribution in [3.05, 3.63) is 48.5 Å². The lowest BCUT2D eigenvalue weighted by Gasteiger charge is -2.39. The van der Waals surface area contributed by atoms with Crippen LogP contribution in [0.15, 0.2) is 48.5 Å². The number of carbonyl (C=O) groups excluding carboxylic acids is 1. The van der Waals surface area contributed by atoms with Gasteiger partial charge < -0.3 is 20.6 Å². The van der Waals surface area contributed by atoms with Gasteiger partial charge in [0.25, 0.3) is 0 Å².